The van der Waals surface area contributed by atoms with Gasteiger partial charge in [-0.25, -0.2) is 0 Å². The predicted molar refractivity (Wildman–Crippen MR) is 104 cm³/mol. The standard InChI is InChI=1S/C21H36ClN/c1-4-7-8-9-13-17-21(22,20-15-11-10-12-16-20)18-14-19-23(5-2)6-3/h10-12,15-16H,4-9,13-14,17-19H2,1-3H3. The second-order valence-electron chi connectivity index (χ2n) is 6.63. The first kappa shape index (κ1) is 20.5. The first-order valence-electron chi connectivity index (χ1n) is 9.63. The third kappa shape index (κ3) is 7.72. The van der Waals surface area contributed by atoms with Gasteiger partial charge in [-0.2, -0.15) is 0 Å². The summed E-state index contributed by atoms with van der Waals surface area (Å²) in [5, 5.41) is 0. The molecule has 1 rings (SSSR count). The minimum absolute atomic E-state index is 0.180. The van der Waals surface area contributed by atoms with Crippen LogP contribution >= 0.6 is 11.6 Å². The predicted octanol–water partition coefficient (Wildman–Crippen LogP) is 6.60. The third-order valence-electron chi connectivity index (χ3n) is 4.91. The summed E-state index contributed by atoms with van der Waals surface area (Å²) in [6.45, 7) is 10.2. The second-order valence-corrected chi connectivity index (χ2v) is 7.35. The number of nitrogens with zero attached hydrogens (tertiary/aromatic N) is 1. The van der Waals surface area contributed by atoms with E-state index >= 15 is 0 Å². The molecule has 0 aliphatic carbocycles. The van der Waals surface area contributed by atoms with Crippen LogP contribution in [0.25, 0.3) is 0 Å². The Hall–Kier alpha value is -0.530. The molecule has 1 atom stereocenters. The molecule has 1 nitrogen and oxygen atoms in total. The quantitative estimate of drug-likeness (QED) is 0.289. The number of unbranched alkanes of at least 4 members (excludes halogenated alkanes) is 4. The first-order chi connectivity index (χ1) is 11.2. The van der Waals surface area contributed by atoms with Gasteiger partial charge in [0.2, 0.25) is 0 Å². The van der Waals surface area contributed by atoms with Gasteiger partial charge >= 0.3 is 0 Å². The molecule has 1 aromatic carbocycles. The topological polar surface area (TPSA) is 3.24 Å². The summed E-state index contributed by atoms with van der Waals surface area (Å²) in [6, 6.07) is 10.7. The minimum Gasteiger partial charge on any atom is -0.304 e. The van der Waals surface area contributed by atoms with Gasteiger partial charge in [0.25, 0.3) is 0 Å². The second kappa shape index (κ2) is 11.9. The van der Waals surface area contributed by atoms with E-state index in [1.54, 1.807) is 0 Å². The van der Waals surface area contributed by atoms with E-state index in [1.165, 1.54) is 44.1 Å². The normalized spacial score (nSPS) is 14.1. The Kier molecular flexibility index (Phi) is 10.6. The van der Waals surface area contributed by atoms with Gasteiger partial charge in [0.1, 0.15) is 0 Å². The van der Waals surface area contributed by atoms with E-state index < -0.39 is 0 Å². The van der Waals surface area contributed by atoms with Crippen molar-refractivity contribution in [3.8, 4) is 0 Å². The van der Waals surface area contributed by atoms with E-state index in [9.17, 15) is 0 Å². The summed E-state index contributed by atoms with van der Waals surface area (Å²) >= 11 is 7.13. The van der Waals surface area contributed by atoms with Gasteiger partial charge in [0.15, 0.2) is 0 Å². The van der Waals surface area contributed by atoms with E-state index in [2.05, 4.69) is 56.0 Å². The molecule has 0 radical (unpaired) electrons. The number of alkyl halides is 1. The Bertz CT molecular complexity index is 388. The van der Waals surface area contributed by atoms with Crippen LogP contribution in [0.1, 0.15) is 77.7 Å². The fourth-order valence-corrected chi connectivity index (χ4v) is 3.68. The molecular formula is C21H36ClN. The van der Waals surface area contributed by atoms with E-state index in [0.29, 0.717) is 0 Å². The van der Waals surface area contributed by atoms with Crippen LogP contribution in [0, 0.1) is 0 Å². The summed E-state index contributed by atoms with van der Waals surface area (Å²) in [5.74, 6) is 0. The van der Waals surface area contributed by atoms with Crippen molar-refractivity contribution in [1.29, 1.82) is 0 Å². The van der Waals surface area contributed by atoms with Crippen molar-refractivity contribution in [2.45, 2.75) is 77.0 Å². The van der Waals surface area contributed by atoms with E-state index in [1.807, 2.05) is 0 Å². The Labute approximate surface area is 149 Å². The minimum atomic E-state index is -0.180. The van der Waals surface area contributed by atoms with Gasteiger partial charge in [0.05, 0.1) is 4.87 Å². The van der Waals surface area contributed by atoms with Crippen LogP contribution in [0.15, 0.2) is 30.3 Å². The van der Waals surface area contributed by atoms with Gasteiger partial charge in [-0.3, -0.25) is 0 Å². The van der Waals surface area contributed by atoms with Crippen LogP contribution in [0.3, 0.4) is 0 Å². The molecule has 23 heavy (non-hydrogen) atoms. The molecule has 0 aliphatic heterocycles. The summed E-state index contributed by atoms with van der Waals surface area (Å²) < 4.78 is 0. The van der Waals surface area contributed by atoms with Crippen LogP contribution < -0.4 is 0 Å². The van der Waals surface area contributed by atoms with Gasteiger partial charge in [-0.1, -0.05) is 83.2 Å². The number of hydrogen-bond acceptors (Lipinski definition) is 1. The summed E-state index contributed by atoms with van der Waals surface area (Å²) in [7, 11) is 0. The van der Waals surface area contributed by atoms with Gasteiger partial charge < -0.3 is 4.90 Å². The highest BCUT2D eigenvalue weighted by Gasteiger charge is 2.28. The average molecular weight is 338 g/mol. The molecule has 0 saturated heterocycles. The van der Waals surface area contributed by atoms with Gasteiger partial charge in [-0.05, 0) is 44.5 Å². The number of hydrogen-bond donors (Lipinski definition) is 0. The molecule has 2 heteroatoms. The summed E-state index contributed by atoms with van der Waals surface area (Å²) in [6.07, 6.45) is 9.89. The van der Waals surface area contributed by atoms with Crippen molar-refractivity contribution in [2.75, 3.05) is 19.6 Å². The maximum atomic E-state index is 7.13. The molecule has 1 aromatic rings. The third-order valence-corrected chi connectivity index (χ3v) is 5.51. The lowest BCUT2D eigenvalue weighted by atomic mass is 9.88. The summed E-state index contributed by atoms with van der Waals surface area (Å²) in [4.78, 5) is 2.31. The fourth-order valence-electron chi connectivity index (χ4n) is 3.28. The molecule has 0 heterocycles. The molecule has 0 aliphatic rings. The fraction of sp³-hybridized carbons (Fsp3) is 0.714. The molecule has 132 valence electrons. The zero-order valence-corrected chi connectivity index (χ0v) is 16.2. The monoisotopic (exact) mass is 337 g/mol. The van der Waals surface area contributed by atoms with Crippen molar-refractivity contribution in [1.82, 2.24) is 4.90 Å². The van der Waals surface area contributed by atoms with Crippen LogP contribution in [-0.2, 0) is 4.87 Å². The molecule has 0 bridgehead atoms. The lowest BCUT2D eigenvalue weighted by molar-refractivity contribution is 0.287. The molecule has 0 amide bonds. The maximum absolute atomic E-state index is 7.13. The molecule has 0 N–H and O–H groups in total. The Morgan fingerprint density at radius 3 is 2.04 bits per heavy atom. The van der Waals surface area contributed by atoms with Crippen molar-refractivity contribution >= 4 is 11.6 Å². The smallest absolute Gasteiger partial charge is 0.0695 e. The number of rotatable bonds is 13. The van der Waals surface area contributed by atoms with E-state index in [4.69, 9.17) is 11.6 Å². The number of halogens is 1. The van der Waals surface area contributed by atoms with Crippen LogP contribution in [0.4, 0.5) is 0 Å². The molecule has 1 unspecified atom stereocenters. The molecular weight excluding hydrogens is 302 g/mol. The average Bonchev–Trinajstić information content (AvgIpc) is 2.59. The zero-order chi connectivity index (χ0) is 17.0. The number of benzene rings is 1. The Morgan fingerprint density at radius 2 is 1.43 bits per heavy atom. The SMILES string of the molecule is CCCCCCCC(Cl)(CCCN(CC)CC)c1ccccc1. The highest BCUT2D eigenvalue weighted by atomic mass is 35.5. The van der Waals surface area contributed by atoms with Crippen molar-refractivity contribution in [3.63, 3.8) is 0 Å². The first-order valence-corrected chi connectivity index (χ1v) is 10.0. The van der Waals surface area contributed by atoms with E-state index in [0.717, 1.165) is 32.5 Å². The zero-order valence-electron chi connectivity index (χ0n) is 15.5. The van der Waals surface area contributed by atoms with Gasteiger partial charge in [-0.15, -0.1) is 11.6 Å². The van der Waals surface area contributed by atoms with Crippen molar-refractivity contribution < 1.29 is 0 Å². The molecule has 0 fully saturated rings. The molecule has 0 saturated carbocycles. The van der Waals surface area contributed by atoms with Crippen LogP contribution in [0.5, 0.6) is 0 Å². The van der Waals surface area contributed by atoms with Crippen LogP contribution in [0.2, 0.25) is 0 Å². The molecule has 0 aromatic heterocycles. The highest BCUT2D eigenvalue weighted by Crippen LogP contribution is 2.39. The van der Waals surface area contributed by atoms with Crippen molar-refractivity contribution in [2.24, 2.45) is 0 Å². The lowest BCUT2D eigenvalue weighted by Crippen LogP contribution is -2.26. The molecule has 0 spiro atoms. The Balaban J connectivity index is 2.58. The van der Waals surface area contributed by atoms with Crippen LogP contribution in [-0.4, -0.2) is 24.5 Å². The summed E-state index contributed by atoms with van der Waals surface area (Å²) in [5.41, 5.74) is 1.30. The largest absolute Gasteiger partial charge is 0.304 e. The van der Waals surface area contributed by atoms with Gasteiger partial charge in [0, 0.05) is 0 Å². The highest BCUT2D eigenvalue weighted by molar-refractivity contribution is 6.24. The lowest BCUT2D eigenvalue weighted by Gasteiger charge is -2.29. The van der Waals surface area contributed by atoms with Crippen molar-refractivity contribution in [3.05, 3.63) is 35.9 Å². The Morgan fingerprint density at radius 1 is 0.826 bits per heavy atom. The van der Waals surface area contributed by atoms with E-state index in [-0.39, 0.29) is 4.87 Å². The maximum Gasteiger partial charge on any atom is 0.0695 e.